The van der Waals surface area contributed by atoms with E-state index in [1.165, 1.54) is 57.8 Å². The van der Waals surface area contributed by atoms with Crippen molar-refractivity contribution in [3.63, 3.8) is 0 Å². The van der Waals surface area contributed by atoms with Crippen LogP contribution in [0.1, 0.15) is 131 Å². The summed E-state index contributed by atoms with van der Waals surface area (Å²) in [6, 6.07) is 6.89. The molecule has 0 saturated carbocycles. The molecule has 0 radical (unpaired) electrons. The topological polar surface area (TPSA) is 103 Å². The van der Waals surface area contributed by atoms with E-state index in [1.54, 1.807) is 38.1 Å². The summed E-state index contributed by atoms with van der Waals surface area (Å²) in [5, 5.41) is 5.65. The number of ether oxygens (including phenoxy) is 3. The summed E-state index contributed by atoms with van der Waals surface area (Å²) in [4.78, 5) is 37.8. The van der Waals surface area contributed by atoms with Gasteiger partial charge in [-0.05, 0) is 58.1 Å². The lowest BCUT2D eigenvalue weighted by Gasteiger charge is -2.44. The van der Waals surface area contributed by atoms with Gasteiger partial charge in [0.2, 0.25) is 11.8 Å². The minimum absolute atomic E-state index is 0.0179. The van der Waals surface area contributed by atoms with E-state index < -0.39 is 23.3 Å². The van der Waals surface area contributed by atoms with Gasteiger partial charge in [-0.1, -0.05) is 96.4 Å². The molecule has 2 rings (SSSR count). The van der Waals surface area contributed by atoms with Crippen molar-refractivity contribution in [1.82, 2.24) is 5.32 Å². The van der Waals surface area contributed by atoms with Gasteiger partial charge in [0.25, 0.3) is 0 Å². The Kier molecular flexibility index (Phi) is 17.3. The summed E-state index contributed by atoms with van der Waals surface area (Å²) in [5.41, 5.74) is -0.0383. The van der Waals surface area contributed by atoms with E-state index in [9.17, 15) is 14.4 Å². The predicted octanol–water partition coefficient (Wildman–Crippen LogP) is 8.25. The van der Waals surface area contributed by atoms with Crippen molar-refractivity contribution in [2.45, 2.75) is 143 Å². The van der Waals surface area contributed by atoms with E-state index in [1.807, 2.05) is 13.8 Å². The molecule has 2 N–H and O–H groups in total. The van der Waals surface area contributed by atoms with E-state index in [2.05, 4.69) is 29.7 Å². The molecule has 1 saturated heterocycles. The molecule has 2 amide bonds. The Balaban J connectivity index is 1.60. The summed E-state index contributed by atoms with van der Waals surface area (Å²) < 4.78 is 17.0. The van der Waals surface area contributed by atoms with Crippen LogP contribution in [0, 0.1) is 5.41 Å². The Labute approximate surface area is 266 Å². The number of allylic oxidation sites excluding steroid dienone is 2. The quantitative estimate of drug-likeness (QED) is 0.0626. The van der Waals surface area contributed by atoms with Gasteiger partial charge in [-0.25, -0.2) is 0 Å². The Bertz CT molecular complexity index is 1040. The average Bonchev–Trinajstić information content (AvgIpc) is 2.97. The van der Waals surface area contributed by atoms with Crippen molar-refractivity contribution in [2.24, 2.45) is 5.41 Å². The molecule has 1 aliphatic rings. The normalized spacial score (nSPS) is 17.3. The van der Waals surface area contributed by atoms with Crippen LogP contribution in [0.15, 0.2) is 36.4 Å². The monoisotopic (exact) mass is 614 g/mol. The van der Waals surface area contributed by atoms with Crippen molar-refractivity contribution < 1.29 is 28.6 Å². The molecular formula is C36H58N2O6. The van der Waals surface area contributed by atoms with Crippen LogP contribution in [0.2, 0.25) is 0 Å². The highest BCUT2D eigenvalue weighted by Gasteiger charge is 2.45. The molecule has 1 aliphatic heterocycles. The number of esters is 1. The second-order valence-corrected chi connectivity index (χ2v) is 13.1. The van der Waals surface area contributed by atoms with Crippen LogP contribution in [-0.2, 0) is 23.9 Å². The Morgan fingerprint density at radius 3 is 2.16 bits per heavy atom. The van der Waals surface area contributed by atoms with E-state index in [4.69, 9.17) is 14.2 Å². The average molecular weight is 615 g/mol. The number of unbranched alkanes of at least 4 members (excludes halogenated alkanes) is 11. The highest BCUT2D eigenvalue weighted by Crippen LogP contribution is 2.35. The first kappa shape index (κ1) is 37.5. The fraction of sp³-hybridized carbons (Fsp3) is 0.694. The van der Waals surface area contributed by atoms with Gasteiger partial charge in [-0.2, -0.15) is 0 Å². The molecule has 248 valence electrons. The smallest absolute Gasteiger partial charge is 0.313 e. The van der Waals surface area contributed by atoms with Gasteiger partial charge in [0.15, 0.2) is 11.5 Å². The first-order valence-electron chi connectivity index (χ1n) is 16.9. The summed E-state index contributed by atoms with van der Waals surface area (Å²) >= 11 is 0. The molecule has 0 bridgehead atoms. The maximum atomic E-state index is 12.8. The third-order valence-electron chi connectivity index (χ3n) is 7.82. The van der Waals surface area contributed by atoms with Crippen molar-refractivity contribution in [3.8, 4) is 5.75 Å². The van der Waals surface area contributed by atoms with Crippen LogP contribution < -0.4 is 15.4 Å². The fourth-order valence-corrected chi connectivity index (χ4v) is 5.10. The predicted molar refractivity (Wildman–Crippen MR) is 176 cm³/mol. The van der Waals surface area contributed by atoms with E-state index in [-0.39, 0.29) is 30.5 Å². The number of hydrogen-bond donors (Lipinski definition) is 2. The van der Waals surface area contributed by atoms with Crippen molar-refractivity contribution in [3.05, 3.63) is 36.4 Å². The Morgan fingerprint density at radius 2 is 1.48 bits per heavy atom. The maximum Gasteiger partial charge on any atom is 0.313 e. The minimum Gasteiger partial charge on any atom is -0.424 e. The third-order valence-corrected chi connectivity index (χ3v) is 7.82. The second-order valence-electron chi connectivity index (χ2n) is 13.1. The van der Waals surface area contributed by atoms with Crippen molar-refractivity contribution >= 4 is 23.5 Å². The van der Waals surface area contributed by atoms with Gasteiger partial charge in [-0.15, -0.1) is 0 Å². The van der Waals surface area contributed by atoms with Gasteiger partial charge in [0.1, 0.15) is 6.10 Å². The van der Waals surface area contributed by atoms with Crippen LogP contribution in [0.5, 0.6) is 5.75 Å². The van der Waals surface area contributed by atoms with Crippen LogP contribution in [0.3, 0.4) is 0 Å². The number of anilines is 1. The first-order valence-corrected chi connectivity index (χ1v) is 16.9. The molecule has 8 nitrogen and oxygen atoms in total. The van der Waals surface area contributed by atoms with Crippen molar-refractivity contribution in [2.75, 3.05) is 18.5 Å². The van der Waals surface area contributed by atoms with Gasteiger partial charge < -0.3 is 24.8 Å². The number of para-hydroxylation sites is 2. The summed E-state index contributed by atoms with van der Waals surface area (Å²) in [5.74, 6) is -1.45. The van der Waals surface area contributed by atoms with Gasteiger partial charge in [0, 0.05) is 18.4 Å². The summed E-state index contributed by atoms with van der Waals surface area (Å²) in [6.45, 7) is 10.1. The molecule has 1 fully saturated rings. The van der Waals surface area contributed by atoms with Crippen LogP contribution in [-0.4, -0.2) is 42.8 Å². The number of hydrogen-bond acceptors (Lipinski definition) is 6. The highest BCUT2D eigenvalue weighted by atomic mass is 16.7. The number of carbonyl (C=O) groups is 3. The fourth-order valence-electron chi connectivity index (χ4n) is 5.10. The van der Waals surface area contributed by atoms with Gasteiger partial charge in [0.05, 0.1) is 18.7 Å². The number of benzene rings is 1. The molecule has 1 aromatic rings. The van der Waals surface area contributed by atoms with E-state index >= 15 is 0 Å². The Hall–Kier alpha value is -2.71. The number of nitrogens with one attached hydrogen (secondary N) is 2. The SMILES string of the molecule is CCCCCCCC/C=C\CCCCCCCC(=O)Nc1ccccc1OC(=O)CCNC(=O)C1OC(C)(C)OCC1(C)C. The third kappa shape index (κ3) is 15.3. The van der Waals surface area contributed by atoms with Gasteiger partial charge in [-0.3, -0.25) is 14.4 Å². The van der Waals surface area contributed by atoms with Crippen LogP contribution >= 0.6 is 0 Å². The Morgan fingerprint density at radius 1 is 0.864 bits per heavy atom. The molecule has 1 aromatic carbocycles. The second kappa shape index (κ2) is 20.3. The molecule has 44 heavy (non-hydrogen) atoms. The standard InChI is InChI=1S/C36H58N2O6/c1-6-7-8-9-10-11-12-13-14-15-16-17-18-19-20-25-31(39)38-29-23-21-22-24-30(29)43-32(40)26-27-37-34(41)33-35(2,3)28-42-36(4,5)44-33/h13-14,21-24,33H,6-12,15-20,25-28H2,1-5H3,(H,37,41)(H,38,39)/b14-13-. The lowest BCUT2D eigenvalue weighted by Crippen LogP contribution is -2.56. The molecule has 0 aliphatic carbocycles. The highest BCUT2D eigenvalue weighted by molar-refractivity contribution is 5.92. The molecule has 8 heteroatoms. The minimum atomic E-state index is -0.853. The lowest BCUT2D eigenvalue weighted by molar-refractivity contribution is -0.304. The number of carbonyl (C=O) groups excluding carboxylic acids is 3. The van der Waals surface area contributed by atoms with Crippen molar-refractivity contribution in [1.29, 1.82) is 0 Å². The molecular weight excluding hydrogens is 556 g/mol. The molecule has 0 spiro atoms. The molecule has 1 atom stereocenters. The summed E-state index contributed by atoms with van der Waals surface area (Å²) in [7, 11) is 0. The first-order chi connectivity index (χ1) is 21.0. The molecule has 1 heterocycles. The molecule has 0 aromatic heterocycles. The van der Waals surface area contributed by atoms with E-state index in [0.717, 1.165) is 25.7 Å². The zero-order valence-corrected chi connectivity index (χ0v) is 28.0. The van der Waals surface area contributed by atoms with E-state index in [0.29, 0.717) is 18.7 Å². The maximum absolute atomic E-state index is 12.8. The number of amides is 2. The largest absolute Gasteiger partial charge is 0.424 e. The zero-order chi connectivity index (χ0) is 32.3. The number of rotatable bonds is 21. The molecule has 1 unspecified atom stereocenters. The van der Waals surface area contributed by atoms with Crippen LogP contribution in [0.25, 0.3) is 0 Å². The lowest BCUT2D eigenvalue weighted by atomic mass is 9.85. The van der Waals surface area contributed by atoms with Crippen LogP contribution in [0.4, 0.5) is 5.69 Å². The van der Waals surface area contributed by atoms with Gasteiger partial charge >= 0.3 is 5.97 Å². The zero-order valence-electron chi connectivity index (χ0n) is 28.0. The summed E-state index contributed by atoms with van der Waals surface area (Å²) in [6.07, 6.45) is 20.1.